The number of rotatable bonds is 4. The number of piperazine rings is 1. The first-order valence-electron chi connectivity index (χ1n) is 8.99. The van der Waals surface area contributed by atoms with Gasteiger partial charge in [-0.3, -0.25) is 14.5 Å². The second-order valence-corrected chi connectivity index (χ2v) is 7.63. The van der Waals surface area contributed by atoms with Crippen LogP contribution in [0, 0.1) is 0 Å². The molecule has 0 aliphatic carbocycles. The number of nitrogens with zero attached hydrogens (tertiary/aromatic N) is 3. The zero-order valence-corrected chi connectivity index (χ0v) is 15.4. The second-order valence-electron chi connectivity index (χ2n) is 6.77. The highest BCUT2D eigenvalue weighted by Gasteiger charge is 2.32. The monoisotopic (exact) mass is 370 g/mol. The van der Waals surface area contributed by atoms with Gasteiger partial charge in [0, 0.05) is 50.1 Å². The van der Waals surface area contributed by atoms with E-state index in [1.807, 2.05) is 23.1 Å². The van der Waals surface area contributed by atoms with Crippen LogP contribution in [0.2, 0.25) is 0 Å². The maximum Gasteiger partial charge on any atom is 0.245 e. The summed E-state index contributed by atoms with van der Waals surface area (Å²) in [6, 6.07) is 9.90. The van der Waals surface area contributed by atoms with Gasteiger partial charge in [0.25, 0.3) is 0 Å². The van der Waals surface area contributed by atoms with E-state index in [-0.39, 0.29) is 17.9 Å². The second kappa shape index (κ2) is 7.55. The summed E-state index contributed by atoms with van der Waals surface area (Å²) in [5, 5.41) is 5.93. The maximum absolute atomic E-state index is 12.5. The smallest absolute Gasteiger partial charge is 0.245 e. The lowest BCUT2D eigenvalue weighted by Gasteiger charge is -2.35. The van der Waals surface area contributed by atoms with E-state index >= 15 is 0 Å². The number of nitrogens with one attached hydrogen (secondary N) is 1. The van der Waals surface area contributed by atoms with Crippen molar-refractivity contribution in [3.63, 3.8) is 0 Å². The number of hydrogen-bond acceptors (Lipinski definition) is 5. The minimum Gasteiger partial charge on any atom is -0.344 e. The first-order valence-corrected chi connectivity index (χ1v) is 9.87. The lowest BCUT2D eigenvalue weighted by Crippen LogP contribution is -2.53. The summed E-state index contributed by atoms with van der Waals surface area (Å²) < 4.78 is 0. The highest BCUT2D eigenvalue weighted by Crippen LogP contribution is 2.24. The van der Waals surface area contributed by atoms with Crippen molar-refractivity contribution < 1.29 is 9.59 Å². The van der Waals surface area contributed by atoms with Gasteiger partial charge in [-0.2, -0.15) is 0 Å². The predicted octanol–water partition coefficient (Wildman–Crippen LogP) is 1.73. The normalized spacial score (nSPS) is 21.0. The third kappa shape index (κ3) is 3.78. The molecular weight excluding hydrogens is 348 g/mol. The Bertz CT molecular complexity index is 784. The highest BCUT2D eigenvalue weighted by atomic mass is 32.1. The summed E-state index contributed by atoms with van der Waals surface area (Å²) in [5.41, 5.74) is 2.23. The number of carbonyl (C=O) groups is 2. The minimum absolute atomic E-state index is 0.0141. The first-order chi connectivity index (χ1) is 12.7. The molecule has 4 rings (SSSR count). The summed E-state index contributed by atoms with van der Waals surface area (Å²) in [5.74, 6) is 0.0512. The van der Waals surface area contributed by atoms with Crippen molar-refractivity contribution in [2.45, 2.75) is 25.4 Å². The SMILES string of the molecule is O=C1CCC(C(=O)N2CCN(Cc3csc(-c4ccccc4)n3)CC2)N1. The Kier molecular flexibility index (Phi) is 4.99. The summed E-state index contributed by atoms with van der Waals surface area (Å²) in [6.45, 7) is 3.91. The molecule has 1 atom stereocenters. The van der Waals surface area contributed by atoms with Gasteiger partial charge in [0.15, 0.2) is 0 Å². The molecule has 2 amide bonds. The van der Waals surface area contributed by atoms with Crippen LogP contribution in [0.25, 0.3) is 10.6 Å². The predicted molar refractivity (Wildman–Crippen MR) is 101 cm³/mol. The zero-order chi connectivity index (χ0) is 17.9. The largest absolute Gasteiger partial charge is 0.344 e. The van der Waals surface area contributed by atoms with E-state index in [2.05, 4.69) is 27.7 Å². The molecule has 2 aliphatic rings. The molecule has 1 aromatic carbocycles. The topological polar surface area (TPSA) is 65.5 Å². The summed E-state index contributed by atoms with van der Waals surface area (Å²) in [4.78, 5) is 32.7. The van der Waals surface area contributed by atoms with Crippen molar-refractivity contribution in [2.24, 2.45) is 0 Å². The van der Waals surface area contributed by atoms with Crippen LogP contribution in [0.3, 0.4) is 0 Å². The molecule has 2 aliphatic heterocycles. The van der Waals surface area contributed by atoms with Crippen molar-refractivity contribution in [2.75, 3.05) is 26.2 Å². The van der Waals surface area contributed by atoms with Gasteiger partial charge in [0.1, 0.15) is 11.0 Å². The Morgan fingerprint density at radius 3 is 2.65 bits per heavy atom. The Balaban J connectivity index is 1.30. The molecule has 1 N–H and O–H groups in total. The molecule has 2 aromatic rings. The summed E-state index contributed by atoms with van der Waals surface area (Å²) in [7, 11) is 0. The van der Waals surface area contributed by atoms with Crippen molar-refractivity contribution >= 4 is 23.2 Å². The quantitative estimate of drug-likeness (QED) is 0.890. The minimum atomic E-state index is -0.318. The summed E-state index contributed by atoms with van der Waals surface area (Å²) in [6.07, 6.45) is 1.09. The third-order valence-electron chi connectivity index (χ3n) is 4.94. The lowest BCUT2D eigenvalue weighted by atomic mass is 10.2. The molecule has 2 saturated heterocycles. The maximum atomic E-state index is 12.5. The van der Waals surface area contributed by atoms with Crippen LogP contribution in [0.15, 0.2) is 35.7 Å². The summed E-state index contributed by atoms with van der Waals surface area (Å²) >= 11 is 1.67. The van der Waals surface area contributed by atoms with E-state index in [1.165, 1.54) is 0 Å². The van der Waals surface area contributed by atoms with Crippen LogP contribution in [0.5, 0.6) is 0 Å². The average molecular weight is 370 g/mol. The van der Waals surface area contributed by atoms with Crippen molar-refractivity contribution in [3.05, 3.63) is 41.4 Å². The van der Waals surface area contributed by atoms with Gasteiger partial charge in [0.05, 0.1) is 5.69 Å². The highest BCUT2D eigenvalue weighted by molar-refractivity contribution is 7.13. The fourth-order valence-corrected chi connectivity index (χ4v) is 4.29. The number of aromatic nitrogens is 1. The van der Waals surface area contributed by atoms with Crippen molar-refractivity contribution in [1.29, 1.82) is 0 Å². The van der Waals surface area contributed by atoms with Gasteiger partial charge in [-0.05, 0) is 6.42 Å². The van der Waals surface area contributed by atoms with Gasteiger partial charge in [0.2, 0.25) is 11.8 Å². The van der Waals surface area contributed by atoms with E-state index in [9.17, 15) is 9.59 Å². The average Bonchev–Trinajstić information content (AvgIpc) is 3.32. The number of carbonyl (C=O) groups excluding carboxylic acids is 2. The number of amides is 2. The number of hydrogen-bond donors (Lipinski definition) is 1. The Hall–Kier alpha value is -2.25. The van der Waals surface area contributed by atoms with Crippen LogP contribution in [0.4, 0.5) is 0 Å². The lowest BCUT2D eigenvalue weighted by molar-refractivity contribution is -0.136. The fraction of sp³-hybridized carbons (Fsp3) is 0.421. The Morgan fingerprint density at radius 1 is 1.19 bits per heavy atom. The van der Waals surface area contributed by atoms with Crippen LogP contribution in [0.1, 0.15) is 18.5 Å². The van der Waals surface area contributed by atoms with Crippen molar-refractivity contribution in [1.82, 2.24) is 20.1 Å². The van der Waals surface area contributed by atoms with Crippen LogP contribution in [-0.4, -0.2) is 58.8 Å². The van der Waals surface area contributed by atoms with E-state index in [4.69, 9.17) is 4.98 Å². The van der Waals surface area contributed by atoms with Gasteiger partial charge >= 0.3 is 0 Å². The van der Waals surface area contributed by atoms with Crippen LogP contribution in [-0.2, 0) is 16.1 Å². The van der Waals surface area contributed by atoms with E-state index < -0.39 is 0 Å². The molecule has 7 heteroatoms. The molecule has 0 radical (unpaired) electrons. The van der Waals surface area contributed by atoms with Crippen molar-refractivity contribution in [3.8, 4) is 10.6 Å². The molecule has 0 bridgehead atoms. The number of thiazole rings is 1. The molecule has 2 fully saturated rings. The number of benzene rings is 1. The first kappa shape index (κ1) is 17.2. The molecule has 1 aromatic heterocycles. The molecule has 3 heterocycles. The molecule has 136 valence electrons. The standard InChI is InChI=1S/C19H22N4O2S/c24-17-7-6-16(21-17)19(25)23-10-8-22(9-11-23)12-15-13-26-18(20-15)14-4-2-1-3-5-14/h1-5,13,16H,6-12H2,(H,21,24). The Morgan fingerprint density at radius 2 is 1.96 bits per heavy atom. The van der Waals surface area contributed by atoms with Gasteiger partial charge in [-0.15, -0.1) is 11.3 Å². The van der Waals surface area contributed by atoms with Crippen LogP contribution >= 0.6 is 11.3 Å². The molecular formula is C19H22N4O2S. The Labute approximate surface area is 156 Å². The van der Waals surface area contributed by atoms with E-state index in [1.54, 1.807) is 11.3 Å². The van der Waals surface area contributed by atoms with Gasteiger partial charge in [-0.1, -0.05) is 30.3 Å². The van der Waals surface area contributed by atoms with Crippen LogP contribution < -0.4 is 5.32 Å². The van der Waals surface area contributed by atoms with E-state index in [0.717, 1.165) is 35.9 Å². The van der Waals surface area contributed by atoms with Gasteiger partial charge in [-0.25, -0.2) is 4.98 Å². The van der Waals surface area contributed by atoms with E-state index in [0.29, 0.717) is 25.9 Å². The molecule has 0 saturated carbocycles. The third-order valence-corrected chi connectivity index (χ3v) is 5.88. The molecule has 0 spiro atoms. The molecule has 26 heavy (non-hydrogen) atoms. The zero-order valence-electron chi connectivity index (χ0n) is 14.6. The molecule has 6 nitrogen and oxygen atoms in total. The molecule has 1 unspecified atom stereocenters. The van der Waals surface area contributed by atoms with Gasteiger partial charge < -0.3 is 10.2 Å². The fourth-order valence-electron chi connectivity index (χ4n) is 3.47.